The number of nitrogen functional groups attached to an aromatic ring is 1. The normalized spacial score (nSPS) is 18.3. The van der Waals surface area contributed by atoms with Gasteiger partial charge in [-0.05, 0) is 64.5 Å². The Balaban J connectivity index is 1.48. The van der Waals surface area contributed by atoms with Crippen molar-refractivity contribution >= 4 is 23.2 Å². The number of hydrogen-bond donors (Lipinski definition) is 2. The molecular weight excluding hydrogens is 448 g/mol. The number of nitrogens with zero attached hydrogens (tertiary/aromatic N) is 4. The molecule has 0 aromatic carbocycles. The largest absolute Gasteiger partial charge is 0.481 e. The number of carbonyl (C=O) groups excluding carboxylic acids is 2. The summed E-state index contributed by atoms with van der Waals surface area (Å²) in [6.45, 7) is 5.53. The molecule has 0 saturated heterocycles. The molecular formula is C25H32N6O4. The van der Waals surface area contributed by atoms with E-state index in [-0.39, 0.29) is 23.6 Å². The lowest BCUT2D eigenvalue weighted by Crippen LogP contribution is -2.41. The molecule has 1 aliphatic carbocycles. The average Bonchev–Trinajstić information content (AvgIpc) is 3.20. The van der Waals surface area contributed by atoms with Gasteiger partial charge in [0.2, 0.25) is 5.88 Å². The third-order valence-electron chi connectivity index (χ3n) is 6.16. The van der Waals surface area contributed by atoms with Crippen LogP contribution in [0.4, 0.5) is 10.6 Å². The topological polar surface area (TPSA) is 134 Å². The van der Waals surface area contributed by atoms with Crippen molar-refractivity contribution in [3.63, 3.8) is 0 Å². The maximum atomic E-state index is 13.4. The number of anilines is 1. The molecule has 4 rings (SSSR count). The fourth-order valence-electron chi connectivity index (χ4n) is 4.52. The van der Waals surface area contributed by atoms with Crippen LogP contribution in [-0.4, -0.2) is 50.2 Å². The molecule has 0 atom stereocenters. The third-order valence-corrected chi connectivity index (χ3v) is 6.16. The summed E-state index contributed by atoms with van der Waals surface area (Å²) in [4.78, 5) is 33.7. The molecule has 186 valence electrons. The van der Waals surface area contributed by atoms with Crippen LogP contribution < -0.4 is 15.8 Å². The third kappa shape index (κ3) is 5.70. The number of methoxy groups -OCH3 is 1. The highest BCUT2D eigenvalue weighted by Crippen LogP contribution is 2.33. The lowest BCUT2D eigenvalue weighted by molar-refractivity contribution is 0.0485. The Hall–Kier alpha value is -3.69. The first kappa shape index (κ1) is 24.4. The number of hydrogen-bond acceptors (Lipinski definition) is 8. The highest BCUT2D eigenvalue weighted by molar-refractivity contribution is 6.06. The molecule has 0 radical (unpaired) electrons. The number of ether oxygens (including phenoxy) is 2. The number of nitrogens with one attached hydrogen (secondary N) is 1. The standard InChI is InChI=1S/C25H32N6O4/c1-25(2,3)35-24(33)30-17-7-5-15(6-8-17)11-20(32)18-13-19(16-9-10-27-21(12-16)34-4)31-22(18)23(26)28-14-29-31/h9-10,12-15,17H,5-8,11H2,1-4H3,(H,30,33)(H2,26,28,29). The predicted octanol–water partition coefficient (Wildman–Crippen LogP) is 4.04. The van der Waals surface area contributed by atoms with Gasteiger partial charge in [-0.1, -0.05) is 0 Å². The van der Waals surface area contributed by atoms with Crippen LogP contribution in [-0.2, 0) is 4.74 Å². The second-order valence-electron chi connectivity index (χ2n) is 9.93. The van der Waals surface area contributed by atoms with E-state index in [9.17, 15) is 9.59 Å². The van der Waals surface area contributed by atoms with Crippen LogP contribution in [0.1, 0.15) is 63.2 Å². The van der Waals surface area contributed by atoms with Crippen molar-refractivity contribution in [2.45, 2.75) is 64.5 Å². The van der Waals surface area contributed by atoms with Crippen molar-refractivity contribution < 1.29 is 19.1 Å². The molecule has 1 fully saturated rings. The van der Waals surface area contributed by atoms with Crippen molar-refractivity contribution in [2.24, 2.45) is 5.92 Å². The molecule has 3 heterocycles. The van der Waals surface area contributed by atoms with Crippen LogP contribution in [0.25, 0.3) is 16.8 Å². The monoisotopic (exact) mass is 480 g/mol. The van der Waals surface area contributed by atoms with Gasteiger partial charge in [-0.25, -0.2) is 19.3 Å². The Bertz CT molecular complexity index is 1220. The average molecular weight is 481 g/mol. The zero-order valence-corrected chi connectivity index (χ0v) is 20.6. The number of fused-ring (bicyclic) bond motifs is 1. The highest BCUT2D eigenvalue weighted by atomic mass is 16.6. The quantitative estimate of drug-likeness (QED) is 0.505. The summed E-state index contributed by atoms with van der Waals surface area (Å²) in [5.41, 5.74) is 8.16. The van der Waals surface area contributed by atoms with Gasteiger partial charge in [0.15, 0.2) is 11.6 Å². The molecule has 1 amide bonds. The minimum absolute atomic E-state index is 0.000164. The van der Waals surface area contributed by atoms with Crippen LogP contribution in [0, 0.1) is 5.92 Å². The second-order valence-corrected chi connectivity index (χ2v) is 9.93. The summed E-state index contributed by atoms with van der Waals surface area (Å²) in [6.07, 6.45) is 6.32. The summed E-state index contributed by atoms with van der Waals surface area (Å²) >= 11 is 0. The van der Waals surface area contributed by atoms with E-state index >= 15 is 0 Å². The number of alkyl carbamates (subject to hydrolysis) is 1. The minimum atomic E-state index is -0.528. The number of rotatable bonds is 6. The summed E-state index contributed by atoms with van der Waals surface area (Å²) < 4.78 is 12.2. The SMILES string of the molecule is COc1cc(-c2cc(C(=O)CC3CCC(NC(=O)OC(C)(C)C)CC3)c3c(N)ncnn23)ccn1. The fourth-order valence-corrected chi connectivity index (χ4v) is 4.52. The van der Waals surface area contributed by atoms with Gasteiger partial charge in [-0.2, -0.15) is 5.10 Å². The van der Waals surface area contributed by atoms with E-state index in [0.29, 0.717) is 29.1 Å². The summed E-state index contributed by atoms with van der Waals surface area (Å²) in [5.74, 6) is 0.939. The molecule has 1 saturated carbocycles. The lowest BCUT2D eigenvalue weighted by Gasteiger charge is -2.29. The zero-order valence-electron chi connectivity index (χ0n) is 20.6. The molecule has 1 aliphatic rings. The number of Topliss-reactive ketones (excluding diaryl/α,β-unsaturated/α-hetero) is 1. The predicted molar refractivity (Wildman–Crippen MR) is 131 cm³/mol. The van der Waals surface area contributed by atoms with Crippen LogP contribution >= 0.6 is 0 Å². The molecule has 3 aromatic rings. The molecule has 3 aromatic heterocycles. The van der Waals surface area contributed by atoms with Gasteiger partial charge in [0.05, 0.1) is 12.8 Å². The van der Waals surface area contributed by atoms with Crippen LogP contribution in [0.2, 0.25) is 0 Å². The lowest BCUT2D eigenvalue weighted by atomic mass is 9.82. The first-order chi connectivity index (χ1) is 16.6. The van der Waals surface area contributed by atoms with Gasteiger partial charge in [0.1, 0.15) is 17.4 Å². The number of ketones is 1. The maximum absolute atomic E-state index is 13.4. The molecule has 35 heavy (non-hydrogen) atoms. The summed E-state index contributed by atoms with van der Waals surface area (Å²) in [7, 11) is 1.55. The Kier molecular flexibility index (Phi) is 6.90. The summed E-state index contributed by atoms with van der Waals surface area (Å²) in [5, 5.41) is 7.29. The van der Waals surface area contributed by atoms with Crippen molar-refractivity contribution in [3.05, 3.63) is 36.3 Å². The number of pyridine rings is 1. The van der Waals surface area contributed by atoms with Gasteiger partial charge in [-0.3, -0.25) is 4.79 Å². The Morgan fingerprint density at radius 2 is 1.91 bits per heavy atom. The van der Waals surface area contributed by atoms with Crippen LogP contribution in [0.3, 0.4) is 0 Å². The second kappa shape index (κ2) is 9.89. The van der Waals surface area contributed by atoms with Crippen LogP contribution in [0.15, 0.2) is 30.7 Å². The van der Waals surface area contributed by atoms with Crippen molar-refractivity contribution in [1.82, 2.24) is 24.9 Å². The van der Waals surface area contributed by atoms with E-state index in [1.165, 1.54) is 6.33 Å². The van der Waals surface area contributed by atoms with E-state index in [1.807, 2.05) is 32.9 Å². The van der Waals surface area contributed by atoms with Gasteiger partial charge in [0, 0.05) is 35.9 Å². The van der Waals surface area contributed by atoms with E-state index in [0.717, 1.165) is 31.2 Å². The van der Waals surface area contributed by atoms with Gasteiger partial charge in [0.25, 0.3) is 0 Å². The Morgan fingerprint density at radius 3 is 2.60 bits per heavy atom. The van der Waals surface area contributed by atoms with E-state index < -0.39 is 11.7 Å². The molecule has 0 aliphatic heterocycles. The number of nitrogens with two attached hydrogens (primary N) is 1. The maximum Gasteiger partial charge on any atom is 0.407 e. The van der Waals surface area contributed by atoms with Gasteiger partial charge < -0.3 is 20.5 Å². The first-order valence-electron chi connectivity index (χ1n) is 11.8. The minimum Gasteiger partial charge on any atom is -0.481 e. The zero-order chi connectivity index (χ0) is 25.2. The number of amides is 1. The van der Waals surface area contributed by atoms with Crippen molar-refractivity contribution in [1.29, 1.82) is 0 Å². The highest BCUT2D eigenvalue weighted by Gasteiger charge is 2.28. The molecule has 0 spiro atoms. The van der Waals surface area contributed by atoms with E-state index in [4.69, 9.17) is 15.2 Å². The first-order valence-corrected chi connectivity index (χ1v) is 11.8. The molecule has 0 bridgehead atoms. The van der Waals surface area contributed by atoms with Crippen LogP contribution in [0.5, 0.6) is 5.88 Å². The number of carbonyl (C=O) groups is 2. The number of aromatic nitrogens is 4. The van der Waals surface area contributed by atoms with Gasteiger partial charge in [-0.15, -0.1) is 0 Å². The molecule has 10 heteroatoms. The Morgan fingerprint density at radius 1 is 1.17 bits per heavy atom. The summed E-state index contributed by atoms with van der Waals surface area (Å²) in [6, 6.07) is 5.49. The molecule has 3 N–H and O–H groups in total. The van der Waals surface area contributed by atoms with Crippen molar-refractivity contribution in [3.8, 4) is 17.1 Å². The van der Waals surface area contributed by atoms with E-state index in [2.05, 4.69) is 20.4 Å². The smallest absolute Gasteiger partial charge is 0.407 e. The fraction of sp³-hybridized carbons (Fsp3) is 0.480. The molecule has 0 unspecified atom stereocenters. The van der Waals surface area contributed by atoms with E-state index in [1.54, 1.807) is 23.9 Å². The van der Waals surface area contributed by atoms with Gasteiger partial charge >= 0.3 is 6.09 Å². The Labute approximate surface area is 204 Å². The van der Waals surface area contributed by atoms with Crippen molar-refractivity contribution in [2.75, 3.05) is 12.8 Å². The molecule has 10 nitrogen and oxygen atoms in total.